The van der Waals surface area contributed by atoms with Gasteiger partial charge in [0.2, 0.25) is 5.88 Å². The summed E-state index contributed by atoms with van der Waals surface area (Å²) in [6.45, 7) is 8.54. The first-order chi connectivity index (χ1) is 9.65. The molecule has 1 aromatic rings. The average molecular weight is 281 g/mol. The van der Waals surface area contributed by atoms with Gasteiger partial charge < -0.3 is 14.8 Å². The number of nitrogens with one attached hydrogen (secondary N) is 1. The molecular weight excluding hydrogens is 254 g/mol. The zero-order valence-corrected chi connectivity index (χ0v) is 13.1. The molecule has 114 valence electrons. The first-order valence-corrected chi connectivity index (χ1v) is 7.39. The van der Waals surface area contributed by atoms with Gasteiger partial charge in [-0.2, -0.15) is 4.98 Å². The highest BCUT2D eigenvalue weighted by Gasteiger charge is 2.07. The van der Waals surface area contributed by atoms with Crippen LogP contribution >= 0.6 is 0 Å². The Morgan fingerprint density at radius 3 is 2.70 bits per heavy atom. The van der Waals surface area contributed by atoms with E-state index < -0.39 is 0 Å². The Morgan fingerprint density at radius 2 is 2.05 bits per heavy atom. The fraction of sp³-hybridized carbons (Fsp3) is 0.733. The molecule has 0 saturated carbocycles. The highest BCUT2D eigenvalue weighted by Crippen LogP contribution is 2.16. The zero-order chi connectivity index (χ0) is 14.8. The highest BCUT2D eigenvalue weighted by atomic mass is 16.5. The van der Waals surface area contributed by atoms with E-state index in [-0.39, 0.29) is 0 Å². The fourth-order valence-corrected chi connectivity index (χ4v) is 1.70. The second kappa shape index (κ2) is 9.53. The van der Waals surface area contributed by atoms with Crippen molar-refractivity contribution in [1.29, 1.82) is 0 Å². The van der Waals surface area contributed by atoms with E-state index in [0.717, 1.165) is 37.4 Å². The van der Waals surface area contributed by atoms with Crippen LogP contribution in [0.3, 0.4) is 0 Å². The second-order valence-corrected chi connectivity index (χ2v) is 5.23. The van der Waals surface area contributed by atoms with Gasteiger partial charge in [-0.05, 0) is 12.3 Å². The lowest BCUT2D eigenvalue weighted by Gasteiger charge is -2.11. The van der Waals surface area contributed by atoms with Crippen LogP contribution in [-0.4, -0.2) is 36.8 Å². The summed E-state index contributed by atoms with van der Waals surface area (Å²) in [5.41, 5.74) is 0. The maximum Gasteiger partial charge on any atom is 0.218 e. The predicted molar refractivity (Wildman–Crippen MR) is 81.3 cm³/mol. The van der Waals surface area contributed by atoms with E-state index in [9.17, 15) is 0 Å². The molecule has 0 bridgehead atoms. The van der Waals surface area contributed by atoms with Crippen molar-refractivity contribution in [1.82, 2.24) is 9.97 Å². The first kappa shape index (κ1) is 16.7. The van der Waals surface area contributed by atoms with E-state index >= 15 is 0 Å². The standard InChI is InChI=1S/C15H27N3O2/c1-5-6-8-20-15-11-13(16-7-9-19-4)17-14(18-15)10-12(2)3/h11-12H,5-10H2,1-4H3,(H,16,17,18). The lowest BCUT2D eigenvalue weighted by atomic mass is 10.1. The van der Waals surface area contributed by atoms with Crippen molar-refractivity contribution in [3.8, 4) is 5.88 Å². The van der Waals surface area contributed by atoms with Crippen LogP contribution in [0.5, 0.6) is 5.88 Å². The van der Waals surface area contributed by atoms with Gasteiger partial charge in [-0.3, -0.25) is 0 Å². The Kier molecular flexibility index (Phi) is 7.95. The highest BCUT2D eigenvalue weighted by molar-refractivity contribution is 5.38. The molecule has 5 heteroatoms. The number of rotatable bonds is 10. The third kappa shape index (κ3) is 6.70. The SMILES string of the molecule is CCCCOc1cc(NCCOC)nc(CC(C)C)n1. The van der Waals surface area contributed by atoms with Gasteiger partial charge in [0.15, 0.2) is 0 Å². The molecule has 0 unspecified atom stereocenters. The molecule has 0 atom stereocenters. The Hall–Kier alpha value is -1.36. The fourth-order valence-electron chi connectivity index (χ4n) is 1.70. The lowest BCUT2D eigenvalue weighted by Crippen LogP contribution is -2.12. The largest absolute Gasteiger partial charge is 0.478 e. The Bertz CT molecular complexity index is 355. The van der Waals surface area contributed by atoms with Gasteiger partial charge >= 0.3 is 0 Å². The molecule has 20 heavy (non-hydrogen) atoms. The van der Waals surface area contributed by atoms with Crippen molar-refractivity contribution in [2.75, 3.05) is 32.2 Å². The molecule has 0 aliphatic rings. The number of ether oxygens (including phenoxy) is 2. The normalized spacial score (nSPS) is 10.8. The molecule has 0 aliphatic carbocycles. The number of hydrogen-bond donors (Lipinski definition) is 1. The molecule has 1 rings (SSSR count). The van der Waals surface area contributed by atoms with Gasteiger partial charge in [0.25, 0.3) is 0 Å². The topological polar surface area (TPSA) is 56.3 Å². The van der Waals surface area contributed by atoms with Crippen molar-refractivity contribution in [3.63, 3.8) is 0 Å². The summed E-state index contributed by atoms with van der Waals surface area (Å²) < 4.78 is 10.7. The van der Waals surface area contributed by atoms with Crippen LogP contribution in [0.4, 0.5) is 5.82 Å². The van der Waals surface area contributed by atoms with E-state index in [2.05, 4.69) is 36.1 Å². The molecule has 0 radical (unpaired) electrons. The van der Waals surface area contributed by atoms with Gasteiger partial charge in [-0.15, -0.1) is 0 Å². The van der Waals surface area contributed by atoms with Crippen LogP contribution in [0.1, 0.15) is 39.4 Å². The van der Waals surface area contributed by atoms with Crippen molar-refractivity contribution in [2.24, 2.45) is 5.92 Å². The molecule has 1 heterocycles. The van der Waals surface area contributed by atoms with E-state index in [4.69, 9.17) is 9.47 Å². The van der Waals surface area contributed by atoms with Crippen LogP contribution in [-0.2, 0) is 11.2 Å². The number of hydrogen-bond acceptors (Lipinski definition) is 5. The second-order valence-electron chi connectivity index (χ2n) is 5.23. The minimum Gasteiger partial charge on any atom is -0.478 e. The van der Waals surface area contributed by atoms with Gasteiger partial charge in [0, 0.05) is 26.1 Å². The van der Waals surface area contributed by atoms with Gasteiger partial charge in [-0.25, -0.2) is 4.98 Å². The molecule has 1 N–H and O–H groups in total. The van der Waals surface area contributed by atoms with Gasteiger partial charge in [0.05, 0.1) is 13.2 Å². The minimum absolute atomic E-state index is 0.521. The average Bonchev–Trinajstić information content (AvgIpc) is 2.38. The number of anilines is 1. The number of unbranched alkanes of at least 4 members (excludes halogenated alkanes) is 1. The summed E-state index contributed by atoms with van der Waals surface area (Å²) in [6.07, 6.45) is 3.00. The van der Waals surface area contributed by atoms with Crippen molar-refractivity contribution in [3.05, 3.63) is 11.9 Å². The molecule has 0 saturated heterocycles. The Labute approximate surface area is 122 Å². The summed E-state index contributed by atoms with van der Waals surface area (Å²) in [5.74, 6) is 2.81. The summed E-state index contributed by atoms with van der Waals surface area (Å²) in [4.78, 5) is 8.98. The number of methoxy groups -OCH3 is 1. The Morgan fingerprint density at radius 1 is 1.25 bits per heavy atom. The quantitative estimate of drug-likeness (QED) is 0.668. The summed E-state index contributed by atoms with van der Waals surface area (Å²) >= 11 is 0. The summed E-state index contributed by atoms with van der Waals surface area (Å²) in [6, 6.07) is 1.86. The Balaban J connectivity index is 2.72. The third-order valence-electron chi connectivity index (χ3n) is 2.70. The zero-order valence-electron chi connectivity index (χ0n) is 13.1. The summed E-state index contributed by atoms with van der Waals surface area (Å²) in [5, 5.41) is 3.23. The van der Waals surface area contributed by atoms with Crippen LogP contribution in [0.15, 0.2) is 6.07 Å². The molecule has 5 nitrogen and oxygen atoms in total. The predicted octanol–water partition coefficient (Wildman–Crippen LogP) is 2.91. The molecule has 1 aromatic heterocycles. The molecule has 0 amide bonds. The van der Waals surface area contributed by atoms with E-state index in [1.54, 1.807) is 7.11 Å². The smallest absolute Gasteiger partial charge is 0.218 e. The number of aromatic nitrogens is 2. The first-order valence-electron chi connectivity index (χ1n) is 7.39. The molecule has 0 spiro atoms. The van der Waals surface area contributed by atoms with Gasteiger partial charge in [-0.1, -0.05) is 27.2 Å². The van der Waals surface area contributed by atoms with Crippen molar-refractivity contribution >= 4 is 5.82 Å². The maximum atomic E-state index is 5.69. The van der Waals surface area contributed by atoms with Crippen LogP contribution in [0, 0.1) is 5.92 Å². The van der Waals surface area contributed by atoms with Crippen LogP contribution in [0.2, 0.25) is 0 Å². The van der Waals surface area contributed by atoms with E-state index in [0.29, 0.717) is 25.0 Å². The van der Waals surface area contributed by atoms with Gasteiger partial charge in [0.1, 0.15) is 11.6 Å². The maximum absolute atomic E-state index is 5.69. The molecule has 0 fully saturated rings. The minimum atomic E-state index is 0.521. The monoisotopic (exact) mass is 281 g/mol. The van der Waals surface area contributed by atoms with Crippen LogP contribution in [0.25, 0.3) is 0 Å². The molecule has 0 aliphatic heterocycles. The molecular formula is C15H27N3O2. The molecule has 0 aromatic carbocycles. The van der Waals surface area contributed by atoms with E-state index in [1.165, 1.54) is 0 Å². The van der Waals surface area contributed by atoms with Crippen molar-refractivity contribution in [2.45, 2.75) is 40.0 Å². The number of nitrogens with zero attached hydrogens (tertiary/aromatic N) is 2. The van der Waals surface area contributed by atoms with Crippen LogP contribution < -0.4 is 10.1 Å². The van der Waals surface area contributed by atoms with E-state index in [1.807, 2.05) is 6.07 Å². The third-order valence-corrected chi connectivity index (χ3v) is 2.70. The van der Waals surface area contributed by atoms with Crippen molar-refractivity contribution < 1.29 is 9.47 Å². The lowest BCUT2D eigenvalue weighted by molar-refractivity contribution is 0.210. The summed E-state index contributed by atoms with van der Waals surface area (Å²) in [7, 11) is 1.69.